The van der Waals surface area contributed by atoms with Crippen molar-refractivity contribution in [3.05, 3.63) is 65.5 Å². The molecule has 1 heterocycles. The van der Waals surface area contributed by atoms with Gasteiger partial charge in [0, 0.05) is 6.20 Å². The number of carbonyl (C=O) groups excluding carboxylic acids is 2. The summed E-state index contributed by atoms with van der Waals surface area (Å²) < 4.78 is 43.6. The third kappa shape index (κ3) is 3.89. The van der Waals surface area contributed by atoms with Crippen LogP contribution in [-0.2, 0) is 15.7 Å². The summed E-state index contributed by atoms with van der Waals surface area (Å²) in [4.78, 5) is 28.1. The highest BCUT2D eigenvalue weighted by Crippen LogP contribution is 2.32. The summed E-state index contributed by atoms with van der Waals surface area (Å²) in [5.74, 6) is -1.89. The fourth-order valence-corrected chi connectivity index (χ4v) is 2.06. The predicted octanol–water partition coefficient (Wildman–Crippen LogP) is 2.74. The first-order valence-corrected chi connectivity index (χ1v) is 6.80. The van der Waals surface area contributed by atoms with Crippen molar-refractivity contribution in [1.82, 2.24) is 10.3 Å². The number of nitrogens with one attached hydrogen (secondary N) is 1. The molecule has 5 nitrogen and oxygen atoms in total. The van der Waals surface area contributed by atoms with E-state index in [2.05, 4.69) is 15.0 Å². The second-order valence-corrected chi connectivity index (χ2v) is 4.73. The van der Waals surface area contributed by atoms with Gasteiger partial charge in [0.25, 0.3) is 5.91 Å². The molecule has 0 saturated heterocycles. The van der Waals surface area contributed by atoms with Gasteiger partial charge < -0.3 is 10.1 Å². The Morgan fingerprint density at radius 3 is 2.38 bits per heavy atom. The zero-order chi connectivity index (χ0) is 17.7. The Morgan fingerprint density at radius 2 is 1.79 bits per heavy atom. The molecular weight excluding hydrogens is 325 g/mol. The third-order valence-electron chi connectivity index (χ3n) is 3.17. The normalized spacial score (nSPS) is 12.3. The van der Waals surface area contributed by atoms with Crippen molar-refractivity contribution in [2.45, 2.75) is 12.2 Å². The molecule has 1 aromatic heterocycles. The predicted molar refractivity (Wildman–Crippen MR) is 77.9 cm³/mol. The van der Waals surface area contributed by atoms with Crippen molar-refractivity contribution < 1.29 is 27.5 Å². The summed E-state index contributed by atoms with van der Waals surface area (Å²) in [7, 11) is 1.11. The molecule has 0 saturated carbocycles. The van der Waals surface area contributed by atoms with Gasteiger partial charge in [-0.2, -0.15) is 13.2 Å². The number of ether oxygens (including phenoxy) is 1. The highest BCUT2D eigenvalue weighted by Gasteiger charge is 2.36. The molecule has 0 aliphatic heterocycles. The van der Waals surface area contributed by atoms with Crippen molar-refractivity contribution >= 4 is 11.9 Å². The first kappa shape index (κ1) is 17.5. The highest BCUT2D eigenvalue weighted by atomic mass is 19.4. The van der Waals surface area contributed by atoms with E-state index >= 15 is 0 Å². The molecule has 2 aromatic rings. The molecule has 1 aromatic carbocycles. The van der Waals surface area contributed by atoms with Gasteiger partial charge in [0.2, 0.25) is 0 Å². The van der Waals surface area contributed by atoms with Crippen LogP contribution in [-0.4, -0.2) is 24.0 Å². The van der Waals surface area contributed by atoms with Crippen LogP contribution in [0.5, 0.6) is 0 Å². The molecule has 0 bridgehead atoms. The Hall–Kier alpha value is -2.90. The fourth-order valence-electron chi connectivity index (χ4n) is 2.06. The van der Waals surface area contributed by atoms with E-state index in [0.29, 0.717) is 0 Å². The van der Waals surface area contributed by atoms with Gasteiger partial charge in [0.1, 0.15) is 0 Å². The maximum atomic E-state index is 13.0. The van der Waals surface area contributed by atoms with Gasteiger partial charge in [-0.05, 0) is 24.3 Å². The average Bonchev–Trinajstić information content (AvgIpc) is 2.58. The van der Waals surface area contributed by atoms with Crippen LogP contribution in [0.15, 0.2) is 48.7 Å². The second-order valence-electron chi connectivity index (χ2n) is 4.73. The average molecular weight is 338 g/mol. The summed E-state index contributed by atoms with van der Waals surface area (Å²) in [5.41, 5.74) is -1.52. The molecule has 0 unspecified atom stereocenters. The van der Waals surface area contributed by atoms with Crippen molar-refractivity contribution in [1.29, 1.82) is 0 Å². The number of pyridine rings is 1. The van der Waals surface area contributed by atoms with Crippen molar-refractivity contribution in [2.75, 3.05) is 7.11 Å². The lowest BCUT2D eigenvalue weighted by atomic mass is 10.1. The fraction of sp³-hybridized carbons (Fsp3) is 0.188. The van der Waals surface area contributed by atoms with Crippen LogP contribution in [0.4, 0.5) is 13.2 Å². The molecule has 0 spiro atoms. The number of aromatic nitrogens is 1. The van der Waals surface area contributed by atoms with E-state index in [4.69, 9.17) is 0 Å². The largest absolute Gasteiger partial charge is 0.467 e. The van der Waals surface area contributed by atoms with Gasteiger partial charge in [0.15, 0.2) is 6.04 Å². The van der Waals surface area contributed by atoms with Crippen molar-refractivity contribution in [2.24, 2.45) is 0 Å². The van der Waals surface area contributed by atoms with Crippen LogP contribution in [0, 0.1) is 0 Å². The number of esters is 1. The van der Waals surface area contributed by atoms with Crippen molar-refractivity contribution in [3.8, 4) is 0 Å². The quantitative estimate of drug-likeness (QED) is 0.871. The van der Waals surface area contributed by atoms with E-state index < -0.39 is 35.2 Å². The monoisotopic (exact) mass is 338 g/mol. The highest BCUT2D eigenvalue weighted by molar-refractivity contribution is 5.98. The van der Waals surface area contributed by atoms with E-state index in [-0.39, 0.29) is 5.69 Å². The van der Waals surface area contributed by atoms with Crippen molar-refractivity contribution in [3.63, 3.8) is 0 Å². The number of nitrogens with zero attached hydrogens (tertiary/aromatic N) is 1. The molecule has 1 amide bonds. The van der Waals surface area contributed by atoms with Crippen LogP contribution in [0.2, 0.25) is 0 Å². The molecule has 8 heteroatoms. The van der Waals surface area contributed by atoms with Crippen LogP contribution < -0.4 is 5.32 Å². The molecule has 0 aliphatic rings. The minimum Gasteiger partial charge on any atom is -0.467 e. The number of rotatable bonds is 4. The van der Waals surface area contributed by atoms with E-state index in [1.165, 1.54) is 24.4 Å². The van der Waals surface area contributed by atoms with Gasteiger partial charge in [-0.25, -0.2) is 4.79 Å². The van der Waals surface area contributed by atoms with Gasteiger partial charge in [-0.1, -0.05) is 18.2 Å². The molecule has 126 valence electrons. The van der Waals surface area contributed by atoms with Crippen LogP contribution in [0.3, 0.4) is 0 Å². The number of methoxy groups -OCH3 is 1. The number of halogens is 3. The van der Waals surface area contributed by atoms with Crippen LogP contribution in [0.1, 0.15) is 27.7 Å². The smallest absolute Gasteiger partial charge is 0.417 e. The lowest BCUT2D eigenvalue weighted by Crippen LogP contribution is -2.36. The number of carbonyl (C=O) groups is 2. The number of benzene rings is 1. The molecule has 0 aliphatic carbocycles. The topological polar surface area (TPSA) is 68.3 Å². The Morgan fingerprint density at radius 1 is 1.12 bits per heavy atom. The molecule has 2 rings (SSSR count). The Kier molecular flexibility index (Phi) is 5.18. The standard InChI is InChI=1S/C16H13F3N2O3/c1-24-15(23)13(12-8-4-5-9-20-12)21-14(22)10-6-2-3-7-11(10)16(17,18)19/h2-9,13H,1H3,(H,21,22)/t13-/m1/s1. The van der Waals surface area contributed by atoms with E-state index in [0.717, 1.165) is 19.2 Å². The molecule has 24 heavy (non-hydrogen) atoms. The Labute approximate surface area is 135 Å². The van der Waals surface area contributed by atoms with Gasteiger partial charge in [-0.15, -0.1) is 0 Å². The summed E-state index contributed by atoms with van der Waals surface area (Å²) in [5, 5.41) is 2.24. The zero-order valence-electron chi connectivity index (χ0n) is 12.5. The number of hydrogen-bond acceptors (Lipinski definition) is 4. The SMILES string of the molecule is COC(=O)[C@H](NC(=O)c1ccccc1C(F)(F)F)c1ccccn1. The molecular formula is C16H13F3N2O3. The zero-order valence-corrected chi connectivity index (χ0v) is 12.5. The maximum absolute atomic E-state index is 13.0. The first-order valence-electron chi connectivity index (χ1n) is 6.80. The summed E-state index contributed by atoms with van der Waals surface area (Å²) in [6.45, 7) is 0. The minimum absolute atomic E-state index is 0.155. The lowest BCUT2D eigenvalue weighted by molar-refractivity contribution is -0.143. The van der Waals surface area contributed by atoms with Gasteiger partial charge in [0.05, 0.1) is 23.9 Å². The maximum Gasteiger partial charge on any atom is 0.417 e. The van der Waals surface area contributed by atoms with Crippen LogP contribution >= 0.6 is 0 Å². The Balaban J connectivity index is 2.35. The van der Waals surface area contributed by atoms with E-state index in [9.17, 15) is 22.8 Å². The summed E-state index contributed by atoms with van der Waals surface area (Å²) in [6, 6.07) is 7.62. The summed E-state index contributed by atoms with van der Waals surface area (Å²) in [6.07, 6.45) is -3.30. The third-order valence-corrected chi connectivity index (χ3v) is 3.17. The second kappa shape index (κ2) is 7.12. The summed E-state index contributed by atoms with van der Waals surface area (Å²) >= 11 is 0. The molecule has 1 atom stereocenters. The number of amides is 1. The van der Waals surface area contributed by atoms with Crippen LogP contribution in [0.25, 0.3) is 0 Å². The molecule has 0 fully saturated rings. The van der Waals surface area contributed by atoms with E-state index in [1.54, 1.807) is 12.1 Å². The number of alkyl halides is 3. The number of hydrogen-bond donors (Lipinski definition) is 1. The Bertz CT molecular complexity index is 733. The lowest BCUT2D eigenvalue weighted by Gasteiger charge is -2.18. The van der Waals surface area contributed by atoms with E-state index in [1.807, 2.05) is 0 Å². The van der Waals surface area contributed by atoms with Gasteiger partial charge in [-0.3, -0.25) is 9.78 Å². The first-order chi connectivity index (χ1) is 11.3. The molecule has 0 radical (unpaired) electrons. The molecule has 1 N–H and O–H groups in total. The minimum atomic E-state index is -4.69. The van der Waals surface area contributed by atoms with Gasteiger partial charge >= 0.3 is 12.1 Å².